The minimum Gasteiger partial charge on any atom is -0.388 e. The smallest absolute Gasteiger partial charge is 0.126 e. The summed E-state index contributed by atoms with van der Waals surface area (Å²) in [5.74, 6) is 0.837. The van der Waals surface area contributed by atoms with Crippen molar-refractivity contribution in [3.8, 4) is 0 Å². The van der Waals surface area contributed by atoms with Crippen LogP contribution in [0.5, 0.6) is 0 Å². The monoisotopic (exact) mass is 267 g/mol. The maximum atomic E-state index is 4.66. The number of benzene rings is 1. The molecule has 5 nitrogen and oxygen atoms in total. The van der Waals surface area contributed by atoms with Gasteiger partial charge in [-0.1, -0.05) is 0 Å². The summed E-state index contributed by atoms with van der Waals surface area (Å²) in [6.45, 7) is 0. The molecule has 0 bridgehead atoms. The molecular weight excluding hydrogens is 250 g/mol. The highest BCUT2D eigenvalue weighted by molar-refractivity contribution is 6.12. The summed E-state index contributed by atoms with van der Waals surface area (Å²) in [7, 11) is 5.70. The molecule has 0 atom stereocenters. The van der Waals surface area contributed by atoms with Crippen LogP contribution >= 0.6 is 0 Å². The molecule has 0 aliphatic heterocycles. The summed E-state index contributed by atoms with van der Waals surface area (Å²) < 4.78 is 0. The highest BCUT2D eigenvalue weighted by Gasteiger charge is 2.11. The van der Waals surface area contributed by atoms with Crippen molar-refractivity contribution < 1.29 is 0 Å². The summed E-state index contributed by atoms with van der Waals surface area (Å²) in [6, 6.07) is 8.11. The molecular formula is C15H17N5. The third-order valence-corrected chi connectivity index (χ3v) is 3.48. The zero-order valence-corrected chi connectivity index (χ0v) is 11.8. The van der Waals surface area contributed by atoms with Gasteiger partial charge in [-0.2, -0.15) is 0 Å². The maximum absolute atomic E-state index is 4.66. The lowest BCUT2D eigenvalue weighted by Crippen LogP contribution is -1.98. The van der Waals surface area contributed by atoms with E-state index in [9.17, 15) is 0 Å². The normalized spacial score (nSPS) is 10.8. The second-order valence-electron chi connectivity index (χ2n) is 4.52. The van der Waals surface area contributed by atoms with Gasteiger partial charge in [-0.05, 0) is 24.3 Å². The van der Waals surface area contributed by atoms with Gasteiger partial charge < -0.3 is 16.0 Å². The summed E-state index contributed by atoms with van der Waals surface area (Å²) in [4.78, 5) is 9.18. The van der Waals surface area contributed by atoms with Crippen LogP contribution in [0, 0.1) is 0 Å². The largest absolute Gasteiger partial charge is 0.388 e. The molecule has 5 heteroatoms. The van der Waals surface area contributed by atoms with Crippen molar-refractivity contribution in [3.05, 3.63) is 30.5 Å². The average molecular weight is 267 g/mol. The molecule has 0 saturated carbocycles. The van der Waals surface area contributed by atoms with Gasteiger partial charge in [0.25, 0.3) is 0 Å². The van der Waals surface area contributed by atoms with Crippen LogP contribution in [0.25, 0.3) is 21.8 Å². The van der Waals surface area contributed by atoms with Crippen molar-refractivity contribution in [2.75, 3.05) is 37.1 Å². The highest BCUT2D eigenvalue weighted by atomic mass is 15.0. The second kappa shape index (κ2) is 4.85. The van der Waals surface area contributed by atoms with Gasteiger partial charge in [0.2, 0.25) is 0 Å². The fourth-order valence-electron chi connectivity index (χ4n) is 2.45. The van der Waals surface area contributed by atoms with E-state index in [1.165, 1.54) is 0 Å². The van der Waals surface area contributed by atoms with Crippen molar-refractivity contribution in [1.29, 1.82) is 0 Å². The van der Waals surface area contributed by atoms with E-state index in [0.717, 1.165) is 39.0 Å². The zero-order chi connectivity index (χ0) is 14.1. The Morgan fingerprint density at radius 2 is 1.60 bits per heavy atom. The number of fused-ring (bicyclic) bond motifs is 3. The lowest BCUT2D eigenvalue weighted by atomic mass is 10.1. The Labute approximate surface area is 117 Å². The van der Waals surface area contributed by atoms with E-state index < -0.39 is 0 Å². The maximum Gasteiger partial charge on any atom is 0.126 e. The zero-order valence-electron chi connectivity index (χ0n) is 11.8. The minimum atomic E-state index is 0.837. The van der Waals surface area contributed by atoms with Crippen LogP contribution in [0.15, 0.2) is 30.5 Å². The van der Waals surface area contributed by atoms with E-state index in [1.807, 2.05) is 33.3 Å². The van der Waals surface area contributed by atoms with Crippen molar-refractivity contribution >= 4 is 39.0 Å². The van der Waals surface area contributed by atoms with Gasteiger partial charge in [-0.15, -0.1) is 0 Å². The number of aromatic nitrogens is 2. The molecule has 102 valence electrons. The van der Waals surface area contributed by atoms with E-state index in [0.29, 0.717) is 0 Å². The van der Waals surface area contributed by atoms with Crippen molar-refractivity contribution in [2.24, 2.45) is 0 Å². The van der Waals surface area contributed by atoms with Crippen molar-refractivity contribution in [2.45, 2.75) is 0 Å². The SMILES string of the molecule is CNc1ccc2c(NC)cc3c(NC)ccnc3c2n1. The van der Waals surface area contributed by atoms with Gasteiger partial charge >= 0.3 is 0 Å². The number of hydrogen-bond donors (Lipinski definition) is 3. The molecule has 0 aliphatic carbocycles. The van der Waals surface area contributed by atoms with Crippen LogP contribution in [0.4, 0.5) is 17.2 Å². The summed E-state index contributed by atoms with van der Waals surface area (Å²) in [5, 5.41) is 11.6. The Morgan fingerprint density at radius 1 is 0.800 bits per heavy atom. The Balaban J connectivity index is 2.49. The first-order valence-electron chi connectivity index (χ1n) is 6.54. The van der Waals surface area contributed by atoms with Crippen LogP contribution in [-0.2, 0) is 0 Å². The summed E-state index contributed by atoms with van der Waals surface area (Å²) in [5.41, 5.74) is 3.90. The first kappa shape index (κ1) is 12.5. The molecule has 0 spiro atoms. The molecule has 2 aromatic heterocycles. The van der Waals surface area contributed by atoms with E-state index in [1.54, 1.807) is 6.20 Å². The summed E-state index contributed by atoms with van der Waals surface area (Å²) in [6.07, 6.45) is 1.81. The van der Waals surface area contributed by atoms with E-state index in [4.69, 9.17) is 0 Å². The topological polar surface area (TPSA) is 61.9 Å². The fourth-order valence-corrected chi connectivity index (χ4v) is 2.45. The number of nitrogens with zero attached hydrogens (tertiary/aromatic N) is 2. The lowest BCUT2D eigenvalue weighted by molar-refractivity contribution is 1.33. The first-order chi connectivity index (χ1) is 9.78. The molecule has 0 aliphatic rings. The Bertz CT molecular complexity index is 782. The third kappa shape index (κ3) is 1.79. The molecule has 3 N–H and O–H groups in total. The number of pyridine rings is 2. The van der Waals surface area contributed by atoms with Crippen LogP contribution in [0.1, 0.15) is 0 Å². The van der Waals surface area contributed by atoms with Gasteiger partial charge in [0, 0.05) is 49.5 Å². The molecule has 3 rings (SSSR count). The van der Waals surface area contributed by atoms with Crippen LogP contribution in [-0.4, -0.2) is 31.1 Å². The fraction of sp³-hybridized carbons (Fsp3) is 0.200. The quantitative estimate of drug-likeness (QED) is 0.637. The molecule has 1 aromatic carbocycles. The molecule has 2 heterocycles. The predicted octanol–water partition coefficient (Wildman–Crippen LogP) is 2.91. The molecule has 0 unspecified atom stereocenters. The number of hydrogen-bond acceptors (Lipinski definition) is 5. The molecule has 0 fully saturated rings. The highest BCUT2D eigenvalue weighted by Crippen LogP contribution is 2.33. The molecule has 0 saturated heterocycles. The average Bonchev–Trinajstić information content (AvgIpc) is 2.52. The third-order valence-electron chi connectivity index (χ3n) is 3.48. The van der Waals surface area contributed by atoms with Gasteiger partial charge in [-0.3, -0.25) is 4.98 Å². The van der Waals surface area contributed by atoms with Gasteiger partial charge in [0.1, 0.15) is 11.3 Å². The van der Waals surface area contributed by atoms with Crippen molar-refractivity contribution in [3.63, 3.8) is 0 Å². The predicted molar refractivity (Wildman–Crippen MR) is 85.7 cm³/mol. The molecule has 3 aromatic rings. The van der Waals surface area contributed by atoms with Crippen LogP contribution in [0.2, 0.25) is 0 Å². The standard InChI is InChI=1S/C15H17N5/c1-16-11-6-7-19-14-10(11)8-12(17-2)9-4-5-13(18-3)20-15(9)14/h4-8,17H,1-3H3,(H,16,19)(H,18,20). The summed E-state index contributed by atoms with van der Waals surface area (Å²) >= 11 is 0. The van der Waals surface area contributed by atoms with Gasteiger partial charge in [-0.25, -0.2) is 4.98 Å². The van der Waals surface area contributed by atoms with Crippen molar-refractivity contribution in [1.82, 2.24) is 9.97 Å². The Hall–Kier alpha value is -2.56. The molecule has 0 amide bonds. The van der Waals surface area contributed by atoms with Gasteiger partial charge in [0.05, 0.1) is 5.52 Å². The number of nitrogens with one attached hydrogen (secondary N) is 3. The number of rotatable bonds is 3. The second-order valence-corrected chi connectivity index (χ2v) is 4.52. The Morgan fingerprint density at radius 3 is 2.30 bits per heavy atom. The molecule has 20 heavy (non-hydrogen) atoms. The van der Waals surface area contributed by atoms with E-state index in [-0.39, 0.29) is 0 Å². The van der Waals surface area contributed by atoms with Crippen LogP contribution in [0.3, 0.4) is 0 Å². The van der Waals surface area contributed by atoms with E-state index in [2.05, 4.69) is 38.1 Å². The lowest BCUT2D eigenvalue weighted by Gasteiger charge is -2.12. The van der Waals surface area contributed by atoms with E-state index >= 15 is 0 Å². The number of anilines is 3. The van der Waals surface area contributed by atoms with Crippen LogP contribution < -0.4 is 16.0 Å². The Kier molecular flexibility index (Phi) is 3.02. The van der Waals surface area contributed by atoms with Gasteiger partial charge in [0.15, 0.2) is 0 Å². The molecule has 0 radical (unpaired) electrons. The first-order valence-corrected chi connectivity index (χ1v) is 6.54. The minimum absolute atomic E-state index is 0.837.